The van der Waals surface area contributed by atoms with E-state index in [0.717, 1.165) is 0 Å². The van der Waals surface area contributed by atoms with E-state index in [1.165, 1.54) is 13.3 Å². The molecule has 1 aromatic rings. The first-order valence-corrected chi connectivity index (χ1v) is 6.14. The Morgan fingerprint density at radius 1 is 1.42 bits per heavy atom. The van der Waals surface area contributed by atoms with E-state index in [2.05, 4.69) is 10.3 Å². The Labute approximate surface area is 110 Å². The molecule has 2 rings (SSSR count). The fraction of sp³-hybridized carbons (Fsp3) is 0.462. The van der Waals surface area contributed by atoms with E-state index in [9.17, 15) is 9.59 Å². The zero-order valence-corrected chi connectivity index (χ0v) is 10.6. The Morgan fingerprint density at radius 2 is 2.21 bits per heavy atom. The second-order valence-electron chi connectivity index (χ2n) is 4.61. The van der Waals surface area contributed by atoms with Crippen molar-refractivity contribution in [3.05, 3.63) is 23.9 Å². The molecule has 6 nitrogen and oxygen atoms in total. The third-order valence-corrected chi connectivity index (χ3v) is 3.32. The first-order chi connectivity index (χ1) is 9.10. The minimum Gasteiger partial charge on any atom is -0.481 e. The van der Waals surface area contributed by atoms with Crippen LogP contribution in [0.2, 0.25) is 0 Å². The van der Waals surface area contributed by atoms with E-state index in [-0.39, 0.29) is 17.9 Å². The predicted octanol–water partition coefficient (Wildman–Crippen LogP) is 1.07. The molecule has 0 bridgehead atoms. The smallest absolute Gasteiger partial charge is 0.306 e. The van der Waals surface area contributed by atoms with Gasteiger partial charge in [-0.05, 0) is 25.3 Å². The fourth-order valence-electron chi connectivity index (χ4n) is 2.24. The summed E-state index contributed by atoms with van der Waals surface area (Å²) in [5.41, 5.74) is 0.444. The molecule has 0 aromatic carbocycles. The third-order valence-electron chi connectivity index (χ3n) is 3.32. The van der Waals surface area contributed by atoms with Crippen LogP contribution in [0.25, 0.3) is 0 Å². The van der Waals surface area contributed by atoms with Crippen molar-refractivity contribution in [3.8, 4) is 5.88 Å². The molecule has 1 amide bonds. The van der Waals surface area contributed by atoms with Crippen LogP contribution in [-0.2, 0) is 4.79 Å². The maximum absolute atomic E-state index is 11.9. The van der Waals surface area contributed by atoms with E-state index in [4.69, 9.17) is 9.84 Å². The average molecular weight is 264 g/mol. The normalized spacial score (nSPS) is 21.9. The minimum atomic E-state index is -0.789. The van der Waals surface area contributed by atoms with Gasteiger partial charge in [0.05, 0.1) is 18.6 Å². The Morgan fingerprint density at radius 3 is 2.74 bits per heavy atom. The van der Waals surface area contributed by atoms with Gasteiger partial charge in [-0.3, -0.25) is 9.59 Å². The minimum absolute atomic E-state index is 0.0734. The van der Waals surface area contributed by atoms with Gasteiger partial charge in [0, 0.05) is 18.3 Å². The second-order valence-corrected chi connectivity index (χ2v) is 4.61. The lowest BCUT2D eigenvalue weighted by molar-refractivity contribution is -0.141. The van der Waals surface area contributed by atoms with E-state index in [1.807, 2.05) is 0 Å². The largest absolute Gasteiger partial charge is 0.481 e. The SMILES string of the molecule is COc1ccc(C(=O)N[C@H]2CC[C@@H](C(=O)O)C2)cn1. The molecule has 1 aliphatic rings. The van der Waals surface area contributed by atoms with Crippen molar-refractivity contribution in [2.45, 2.75) is 25.3 Å². The van der Waals surface area contributed by atoms with Crippen LogP contribution in [0, 0.1) is 5.92 Å². The van der Waals surface area contributed by atoms with Gasteiger partial charge < -0.3 is 15.2 Å². The van der Waals surface area contributed by atoms with Gasteiger partial charge in [-0.2, -0.15) is 0 Å². The molecule has 1 heterocycles. The number of rotatable bonds is 4. The molecular weight excluding hydrogens is 248 g/mol. The van der Waals surface area contributed by atoms with Gasteiger partial charge >= 0.3 is 5.97 Å². The zero-order valence-electron chi connectivity index (χ0n) is 10.6. The van der Waals surface area contributed by atoms with Gasteiger partial charge in [0.25, 0.3) is 5.91 Å². The average Bonchev–Trinajstić information content (AvgIpc) is 2.87. The van der Waals surface area contributed by atoms with Gasteiger partial charge in [0.15, 0.2) is 0 Å². The molecule has 0 radical (unpaired) electrons. The van der Waals surface area contributed by atoms with Gasteiger partial charge in [0.1, 0.15) is 0 Å². The molecule has 1 aromatic heterocycles. The van der Waals surface area contributed by atoms with Gasteiger partial charge in [-0.1, -0.05) is 0 Å². The molecule has 1 fully saturated rings. The van der Waals surface area contributed by atoms with Gasteiger partial charge in [-0.15, -0.1) is 0 Å². The number of aromatic nitrogens is 1. The van der Waals surface area contributed by atoms with Crippen molar-refractivity contribution in [1.29, 1.82) is 0 Å². The molecule has 2 N–H and O–H groups in total. The monoisotopic (exact) mass is 264 g/mol. The number of aliphatic carboxylic acids is 1. The molecule has 102 valence electrons. The number of carbonyl (C=O) groups is 2. The Kier molecular flexibility index (Phi) is 3.99. The van der Waals surface area contributed by atoms with E-state index < -0.39 is 5.97 Å². The summed E-state index contributed by atoms with van der Waals surface area (Å²) in [5.74, 6) is -0.920. The van der Waals surface area contributed by atoms with Crippen molar-refractivity contribution in [2.75, 3.05) is 7.11 Å². The molecule has 2 atom stereocenters. The van der Waals surface area contributed by atoms with Crippen molar-refractivity contribution >= 4 is 11.9 Å². The summed E-state index contributed by atoms with van der Waals surface area (Å²) in [6, 6.07) is 3.17. The van der Waals surface area contributed by atoms with Crippen LogP contribution >= 0.6 is 0 Å². The maximum Gasteiger partial charge on any atom is 0.306 e. The fourth-order valence-corrected chi connectivity index (χ4v) is 2.24. The number of methoxy groups -OCH3 is 1. The molecule has 0 spiro atoms. The van der Waals surface area contributed by atoms with Crippen LogP contribution in [0.15, 0.2) is 18.3 Å². The number of hydrogen-bond donors (Lipinski definition) is 2. The van der Waals surface area contributed by atoms with Gasteiger partial charge in [0.2, 0.25) is 5.88 Å². The lowest BCUT2D eigenvalue weighted by atomic mass is 10.1. The topological polar surface area (TPSA) is 88.5 Å². The number of nitrogens with zero attached hydrogens (tertiary/aromatic N) is 1. The second kappa shape index (κ2) is 5.69. The highest BCUT2D eigenvalue weighted by atomic mass is 16.5. The first-order valence-electron chi connectivity index (χ1n) is 6.14. The number of nitrogens with one attached hydrogen (secondary N) is 1. The first kappa shape index (κ1) is 13.3. The summed E-state index contributed by atoms with van der Waals surface area (Å²) >= 11 is 0. The van der Waals surface area contributed by atoms with E-state index in [1.54, 1.807) is 12.1 Å². The number of carbonyl (C=O) groups excluding carboxylic acids is 1. The number of carboxylic acids is 1. The van der Waals surface area contributed by atoms with Crippen LogP contribution in [0.4, 0.5) is 0 Å². The van der Waals surface area contributed by atoms with Crippen molar-refractivity contribution in [1.82, 2.24) is 10.3 Å². The highest BCUT2D eigenvalue weighted by Gasteiger charge is 2.30. The summed E-state index contributed by atoms with van der Waals surface area (Å²) in [6.45, 7) is 0. The summed E-state index contributed by atoms with van der Waals surface area (Å²) in [5, 5.41) is 11.7. The standard InChI is InChI=1S/C13H16N2O4/c1-19-11-5-3-9(7-14-11)12(16)15-10-4-2-8(6-10)13(17)18/h3,5,7-8,10H,2,4,6H2,1H3,(H,15,16)(H,17,18)/t8-,10+/m1/s1. The molecular formula is C13H16N2O4. The lowest BCUT2D eigenvalue weighted by Crippen LogP contribution is -2.33. The lowest BCUT2D eigenvalue weighted by Gasteiger charge is -2.12. The summed E-state index contributed by atoms with van der Waals surface area (Å²) in [6.07, 6.45) is 3.25. The van der Waals surface area contributed by atoms with E-state index in [0.29, 0.717) is 30.7 Å². The van der Waals surface area contributed by atoms with Crippen LogP contribution in [0.5, 0.6) is 5.88 Å². The highest BCUT2D eigenvalue weighted by Crippen LogP contribution is 2.25. The molecule has 0 aliphatic heterocycles. The highest BCUT2D eigenvalue weighted by molar-refractivity contribution is 5.94. The van der Waals surface area contributed by atoms with Crippen LogP contribution in [0.1, 0.15) is 29.6 Å². The van der Waals surface area contributed by atoms with Crippen molar-refractivity contribution in [2.24, 2.45) is 5.92 Å². The van der Waals surface area contributed by atoms with E-state index >= 15 is 0 Å². The molecule has 0 saturated heterocycles. The Balaban J connectivity index is 1.92. The number of amides is 1. The number of carboxylic acid groups (broad SMARTS) is 1. The van der Waals surface area contributed by atoms with Crippen LogP contribution < -0.4 is 10.1 Å². The molecule has 6 heteroatoms. The number of ether oxygens (including phenoxy) is 1. The summed E-state index contributed by atoms with van der Waals surface area (Å²) in [7, 11) is 1.51. The molecule has 0 unspecified atom stereocenters. The van der Waals surface area contributed by atoms with Crippen molar-refractivity contribution in [3.63, 3.8) is 0 Å². The number of hydrogen-bond acceptors (Lipinski definition) is 4. The molecule has 1 aliphatic carbocycles. The number of pyridine rings is 1. The molecule has 19 heavy (non-hydrogen) atoms. The maximum atomic E-state index is 11.9. The Bertz CT molecular complexity index is 472. The molecule has 1 saturated carbocycles. The predicted molar refractivity (Wildman–Crippen MR) is 67.0 cm³/mol. The van der Waals surface area contributed by atoms with Crippen molar-refractivity contribution < 1.29 is 19.4 Å². The third kappa shape index (κ3) is 3.21. The summed E-state index contributed by atoms with van der Waals surface area (Å²) in [4.78, 5) is 26.7. The van der Waals surface area contributed by atoms with Crippen LogP contribution in [0.3, 0.4) is 0 Å². The van der Waals surface area contributed by atoms with Crippen LogP contribution in [-0.4, -0.2) is 35.1 Å². The van der Waals surface area contributed by atoms with Gasteiger partial charge in [-0.25, -0.2) is 4.98 Å². The summed E-state index contributed by atoms with van der Waals surface area (Å²) < 4.78 is 4.91. The zero-order chi connectivity index (χ0) is 13.8. The quantitative estimate of drug-likeness (QED) is 0.849. The Hall–Kier alpha value is -2.11.